The molecule has 1 heterocycles. The van der Waals surface area contributed by atoms with Crippen LogP contribution in [0.3, 0.4) is 0 Å². The van der Waals surface area contributed by atoms with Crippen LogP contribution in [0.25, 0.3) is 10.8 Å². The lowest BCUT2D eigenvalue weighted by atomic mass is 9.95. The second-order valence-corrected chi connectivity index (χ2v) is 12.2. The molecule has 4 amide bonds. The van der Waals surface area contributed by atoms with Gasteiger partial charge in [0.15, 0.2) is 0 Å². The molecule has 1 saturated heterocycles. The van der Waals surface area contributed by atoms with E-state index in [0.29, 0.717) is 19.3 Å². The zero-order valence-corrected chi connectivity index (χ0v) is 26.5. The number of fused-ring (bicyclic) bond motifs is 1. The number of amides is 4. The number of primary amides is 1. The zero-order chi connectivity index (χ0) is 33.0. The minimum atomic E-state index is -0.977. The number of carbonyl (C=O) groups is 4. The van der Waals surface area contributed by atoms with Crippen LogP contribution in [-0.4, -0.2) is 54.8 Å². The largest absolute Gasteiger partial charge is 0.368 e. The summed E-state index contributed by atoms with van der Waals surface area (Å²) in [6, 6.07) is 30.1. The first-order valence-corrected chi connectivity index (χ1v) is 16.3. The summed E-state index contributed by atoms with van der Waals surface area (Å²) in [5.41, 5.74) is 8.44. The fraction of sp³-hybridized carbons (Fsp3) is 0.316. The highest BCUT2D eigenvalue weighted by Gasteiger charge is 2.31. The summed E-state index contributed by atoms with van der Waals surface area (Å²) in [4.78, 5) is 53.6. The van der Waals surface area contributed by atoms with Crippen LogP contribution in [0.1, 0.15) is 36.0 Å². The highest BCUT2D eigenvalue weighted by molar-refractivity contribution is 5.94. The van der Waals surface area contributed by atoms with Gasteiger partial charge in [-0.05, 0) is 66.2 Å². The summed E-state index contributed by atoms with van der Waals surface area (Å²) >= 11 is 0. The van der Waals surface area contributed by atoms with Crippen molar-refractivity contribution in [3.63, 3.8) is 0 Å². The van der Waals surface area contributed by atoms with Crippen molar-refractivity contribution in [1.82, 2.24) is 21.3 Å². The average Bonchev–Trinajstić information content (AvgIpc) is 3.10. The summed E-state index contributed by atoms with van der Waals surface area (Å²) in [5.74, 6) is -2.02. The van der Waals surface area contributed by atoms with Crippen molar-refractivity contribution in [1.29, 1.82) is 0 Å². The third-order valence-corrected chi connectivity index (χ3v) is 8.74. The molecule has 0 saturated carbocycles. The van der Waals surface area contributed by atoms with Gasteiger partial charge in [-0.2, -0.15) is 0 Å². The topological polar surface area (TPSA) is 142 Å². The van der Waals surface area contributed by atoms with Gasteiger partial charge in [0.2, 0.25) is 23.6 Å². The van der Waals surface area contributed by atoms with Crippen molar-refractivity contribution < 1.29 is 19.2 Å². The minimum absolute atomic E-state index is 0.172. The monoisotopic (exact) mass is 633 g/mol. The van der Waals surface area contributed by atoms with E-state index in [1.807, 2.05) is 103 Å². The fourth-order valence-electron chi connectivity index (χ4n) is 6.03. The third-order valence-electron chi connectivity index (χ3n) is 8.74. The first-order valence-electron chi connectivity index (χ1n) is 16.3. The Labute approximate surface area is 275 Å². The number of hydrogen-bond donors (Lipinski definition) is 5. The van der Waals surface area contributed by atoms with Crippen LogP contribution in [-0.2, 0) is 38.4 Å². The molecule has 0 aromatic heterocycles. The van der Waals surface area contributed by atoms with Gasteiger partial charge in [-0.15, -0.1) is 0 Å². The van der Waals surface area contributed by atoms with Gasteiger partial charge in [-0.3, -0.25) is 19.2 Å². The predicted molar refractivity (Wildman–Crippen MR) is 183 cm³/mol. The summed E-state index contributed by atoms with van der Waals surface area (Å²) in [6.45, 7) is 1.48. The average molecular weight is 634 g/mol. The standard InChI is InChI=1S/C38H43N5O4/c39-35(44)33(24-27-11-5-2-6-12-27)42-37(46)32(18-16-26-9-3-1-4-10-26)41-38(47)34(43-36(45)30-19-21-40-22-20-30)25-28-15-17-29-13-7-8-14-31(29)23-28/h1-15,17,23,30,32-34,40H,16,18-22,24-25H2,(H2,39,44)(H,41,47)(H,42,46)(H,43,45)/t32-,33+,34-/m1/s1. The maximum atomic E-state index is 14.1. The van der Waals surface area contributed by atoms with Crippen LogP contribution in [0.15, 0.2) is 103 Å². The lowest BCUT2D eigenvalue weighted by molar-refractivity contribution is -0.134. The van der Waals surface area contributed by atoms with E-state index >= 15 is 0 Å². The Kier molecular flexibility index (Phi) is 11.7. The van der Waals surface area contributed by atoms with Crippen LogP contribution < -0.4 is 27.0 Å². The Morgan fingerprint density at radius 3 is 1.89 bits per heavy atom. The summed E-state index contributed by atoms with van der Waals surface area (Å²) in [7, 11) is 0. The van der Waals surface area contributed by atoms with Gasteiger partial charge in [0.05, 0.1) is 0 Å². The van der Waals surface area contributed by atoms with E-state index in [9.17, 15) is 19.2 Å². The Morgan fingerprint density at radius 1 is 0.638 bits per heavy atom. The number of nitrogens with two attached hydrogens (primary N) is 1. The van der Waals surface area contributed by atoms with E-state index in [2.05, 4.69) is 21.3 Å². The van der Waals surface area contributed by atoms with E-state index < -0.39 is 35.8 Å². The van der Waals surface area contributed by atoms with Crippen LogP contribution >= 0.6 is 0 Å². The van der Waals surface area contributed by atoms with Gasteiger partial charge in [-0.1, -0.05) is 103 Å². The smallest absolute Gasteiger partial charge is 0.243 e. The number of benzene rings is 4. The predicted octanol–water partition coefficient (Wildman–Crippen LogP) is 3.20. The second kappa shape index (κ2) is 16.5. The van der Waals surface area contributed by atoms with E-state index in [1.54, 1.807) is 0 Å². The summed E-state index contributed by atoms with van der Waals surface area (Å²) in [6.07, 6.45) is 2.64. The van der Waals surface area contributed by atoms with Gasteiger partial charge in [0, 0.05) is 18.8 Å². The molecule has 0 unspecified atom stereocenters. The number of aryl methyl sites for hydroxylation is 1. The number of carbonyl (C=O) groups excluding carboxylic acids is 4. The second-order valence-electron chi connectivity index (χ2n) is 12.2. The Morgan fingerprint density at radius 2 is 1.21 bits per heavy atom. The van der Waals surface area contributed by atoms with Gasteiger partial charge in [-0.25, -0.2) is 0 Å². The van der Waals surface area contributed by atoms with E-state index in [0.717, 1.165) is 40.6 Å². The van der Waals surface area contributed by atoms with Crippen LogP contribution in [0, 0.1) is 5.92 Å². The van der Waals surface area contributed by atoms with Gasteiger partial charge in [0.25, 0.3) is 0 Å². The highest BCUT2D eigenvalue weighted by Crippen LogP contribution is 2.18. The van der Waals surface area contributed by atoms with Gasteiger partial charge < -0.3 is 27.0 Å². The van der Waals surface area contributed by atoms with Gasteiger partial charge >= 0.3 is 0 Å². The first-order chi connectivity index (χ1) is 22.9. The SMILES string of the molecule is NC(=O)[C@H](Cc1ccccc1)NC(=O)[C@@H](CCc1ccccc1)NC(=O)[C@@H](Cc1ccc2ccccc2c1)NC(=O)C1CCNCC1. The third kappa shape index (κ3) is 9.73. The highest BCUT2D eigenvalue weighted by atomic mass is 16.2. The molecule has 0 bridgehead atoms. The molecule has 1 fully saturated rings. The molecule has 9 heteroatoms. The van der Waals surface area contributed by atoms with Crippen LogP contribution in [0.2, 0.25) is 0 Å². The number of rotatable bonds is 14. The molecular weight excluding hydrogens is 590 g/mol. The normalized spacial score (nSPS) is 15.2. The quantitative estimate of drug-likeness (QED) is 0.145. The number of piperidine rings is 1. The Bertz CT molecular complexity index is 1660. The molecule has 4 aromatic rings. The molecule has 9 nitrogen and oxygen atoms in total. The molecule has 1 aliphatic heterocycles. The number of nitrogens with one attached hydrogen (secondary N) is 4. The zero-order valence-electron chi connectivity index (χ0n) is 26.5. The van der Waals surface area contributed by atoms with Crippen molar-refractivity contribution in [2.24, 2.45) is 11.7 Å². The molecule has 0 radical (unpaired) electrons. The van der Waals surface area contributed by atoms with Crippen molar-refractivity contribution in [3.8, 4) is 0 Å². The van der Waals surface area contributed by atoms with Crippen molar-refractivity contribution in [3.05, 3.63) is 120 Å². The molecule has 0 spiro atoms. The van der Waals surface area contributed by atoms with Crippen LogP contribution in [0.5, 0.6) is 0 Å². The molecule has 244 valence electrons. The molecule has 47 heavy (non-hydrogen) atoms. The molecule has 1 aliphatic rings. The van der Waals surface area contributed by atoms with E-state index in [1.165, 1.54) is 0 Å². The van der Waals surface area contributed by atoms with Crippen molar-refractivity contribution >= 4 is 34.4 Å². The molecule has 5 rings (SSSR count). The minimum Gasteiger partial charge on any atom is -0.368 e. The molecule has 4 aromatic carbocycles. The number of hydrogen-bond acceptors (Lipinski definition) is 5. The Balaban J connectivity index is 1.36. The van der Waals surface area contributed by atoms with Crippen molar-refractivity contribution in [2.75, 3.05) is 13.1 Å². The maximum Gasteiger partial charge on any atom is 0.243 e. The van der Waals surface area contributed by atoms with Gasteiger partial charge in [0.1, 0.15) is 18.1 Å². The van der Waals surface area contributed by atoms with E-state index in [-0.39, 0.29) is 31.1 Å². The van der Waals surface area contributed by atoms with E-state index in [4.69, 9.17) is 5.73 Å². The lowest BCUT2D eigenvalue weighted by Gasteiger charge is -2.27. The Hall–Kier alpha value is -5.02. The molecular formula is C38H43N5O4. The maximum absolute atomic E-state index is 14.1. The lowest BCUT2D eigenvalue weighted by Crippen LogP contribution is -2.57. The molecule has 3 atom stereocenters. The summed E-state index contributed by atoms with van der Waals surface area (Å²) < 4.78 is 0. The molecule has 0 aliphatic carbocycles. The van der Waals surface area contributed by atoms with Crippen LogP contribution in [0.4, 0.5) is 0 Å². The first kappa shape index (κ1) is 33.3. The summed E-state index contributed by atoms with van der Waals surface area (Å²) in [5, 5.41) is 14.1. The van der Waals surface area contributed by atoms with Crippen molar-refractivity contribution in [2.45, 2.75) is 56.7 Å². The molecule has 6 N–H and O–H groups in total. The fourth-order valence-corrected chi connectivity index (χ4v) is 6.03.